The first-order valence-corrected chi connectivity index (χ1v) is 4.42. The van der Waals surface area contributed by atoms with Crippen molar-refractivity contribution in [2.45, 2.75) is 32.4 Å². The maximum Gasteiger partial charge on any atom is 0.111 e. The van der Waals surface area contributed by atoms with Gasteiger partial charge in [-0.15, -0.1) is 0 Å². The molecule has 2 atom stereocenters. The van der Waals surface area contributed by atoms with Gasteiger partial charge in [-0.1, -0.05) is 30.7 Å². The number of fused-ring (bicyclic) bond motifs is 1. The Hall–Kier alpha value is -0.850. The van der Waals surface area contributed by atoms with Crippen molar-refractivity contribution in [1.29, 1.82) is 0 Å². The van der Waals surface area contributed by atoms with Crippen LogP contribution in [0.2, 0.25) is 0 Å². The van der Waals surface area contributed by atoms with E-state index in [0.29, 0.717) is 6.42 Å². The molecule has 2 rings (SSSR count). The van der Waals surface area contributed by atoms with Crippen LogP contribution in [0.25, 0.3) is 0 Å². The van der Waals surface area contributed by atoms with Gasteiger partial charge in [0.2, 0.25) is 0 Å². The van der Waals surface area contributed by atoms with E-state index in [9.17, 15) is 4.39 Å². The Kier molecular flexibility index (Phi) is 1.67. The second kappa shape index (κ2) is 2.58. The summed E-state index contributed by atoms with van der Waals surface area (Å²) >= 11 is 0. The number of rotatable bonds is 0. The number of benzene rings is 1. The first-order valence-electron chi connectivity index (χ1n) is 4.42. The van der Waals surface area contributed by atoms with Gasteiger partial charge >= 0.3 is 0 Å². The predicted octanol–water partition coefficient (Wildman–Crippen LogP) is 2.99. The molecule has 1 aliphatic carbocycles. The van der Waals surface area contributed by atoms with Crippen molar-refractivity contribution in [2.75, 3.05) is 0 Å². The van der Waals surface area contributed by atoms with Gasteiger partial charge < -0.3 is 0 Å². The summed E-state index contributed by atoms with van der Waals surface area (Å²) < 4.78 is 13.2. The summed E-state index contributed by atoms with van der Waals surface area (Å²) in [6.07, 6.45) is -0.0571. The molecule has 0 heterocycles. The van der Waals surface area contributed by atoms with Crippen LogP contribution in [0.4, 0.5) is 4.39 Å². The first-order chi connectivity index (χ1) is 5.68. The highest BCUT2D eigenvalue weighted by Crippen LogP contribution is 2.35. The van der Waals surface area contributed by atoms with Crippen LogP contribution in [0.15, 0.2) is 18.2 Å². The molecule has 0 amide bonds. The smallest absolute Gasteiger partial charge is 0.111 e. The van der Waals surface area contributed by atoms with Crippen LogP contribution < -0.4 is 0 Å². The third-order valence-corrected chi connectivity index (χ3v) is 2.75. The molecular formula is C11H13F. The quantitative estimate of drug-likeness (QED) is 0.553. The highest BCUT2D eigenvalue weighted by atomic mass is 19.1. The number of aryl methyl sites for hydroxylation is 1. The van der Waals surface area contributed by atoms with Crippen molar-refractivity contribution in [2.24, 2.45) is 0 Å². The van der Waals surface area contributed by atoms with E-state index in [0.717, 1.165) is 0 Å². The molecule has 12 heavy (non-hydrogen) atoms. The Morgan fingerprint density at radius 1 is 1.42 bits per heavy atom. The number of alkyl halides is 1. The molecule has 64 valence electrons. The lowest BCUT2D eigenvalue weighted by molar-refractivity contribution is 0.311. The van der Waals surface area contributed by atoms with Crippen LogP contribution in [0.5, 0.6) is 0 Å². The molecule has 0 radical (unpaired) electrons. The van der Waals surface area contributed by atoms with Crippen molar-refractivity contribution < 1.29 is 4.39 Å². The van der Waals surface area contributed by atoms with Gasteiger partial charge in [-0.2, -0.15) is 0 Å². The van der Waals surface area contributed by atoms with Gasteiger partial charge in [0.25, 0.3) is 0 Å². The topological polar surface area (TPSA) is 0 Å². The van der Waals surface area contributed by atoms with Crippen molar-refractivity contribution in [3.63, 3.8) is 0 Å². The lowest BCUT2D eigenvalue weighted by Gasteiger charge is -2.06. The summed E-state index contributed by atoms with van der Waals surface area (Å²) in [7, 11) is 0. The molecule has 0 spiro atoms. The Morgan fingerprint density at radius 2 is 2.17 bits per heavy atom. The van der Waals surface area contributed by atoms with Gasteiger partial charge in [-0.05, 0) is 18.1 Å². The highest BCUT2D eigenvalue weighted by molar-refractivity contribution is 5.39. The number of halogens is 1. The van der Waals surface area contributed by atoms with E-state index >= 15 is 0 Å². The van der Waals surface area contributed by atoms with Crippen molar-refractivity contribution in [3.05, 3.63) is 34.9 Å². The normalized spacial score (nSPS) is 27.2. The predicted molar refractivity (Wildman–Crippen MR) is 48.2 cm³/mol. The maximum atomic E-state index is 13.2. The van der Waals surface area contributed by atoms with Gasteiger partial charge in [-0.3, -0.25) is 0 Å². The Labute approximate surface area is 72.4 Å². The molecular weight excluding hydrogens is 151 g/mol. The summed E-state index contributed by atoms with van der Waals surface area (Å²) in [5.74, 6) is 0.0971. The molecule has 0 bridgehead atoms. The van der Waals surface area contributed by atoms with Crippen molar-refractivity contribution >= 4 is 0 Å². The molecule has 0 N–H and O–H groups in total. The summed E-state index contributed by atoms with van der Waals surface area (Å²) in [6.45, 7) is 4.02. The van der Waals surface area contributed by atoms with E-state index in [2.05, 4.69) is 25.1 Å². The van der Waals surface area contributed by atoms with Gasteiger partial charge in [0, 0.05) is 12.3 Å². The first kappa shape index (κ1) is 7.78. The second-order valence-corrected chi connectivity index (χ2v) is 3.71. The minimum Gasteiger partial charge on any atom is -0.246 e. The minimum atomic E-state index is -0.665. The summed E-state index contributed by atoms with van der Waals surface area (Å²) in [5.41, 5.74) is 3.64. The van der Waals surface area contributed by atoms with Gasteiger partial charge in [-0.25, -0.2) is 4.39 Å². The molecule has 0 nitrogen and oxygen atoms in total. The SMILES string of the molecule is Cc1ccc2c(c1)C(C)C(F)C2. The van der Waals surface area contributed by atoms with Crippen molar-refractivity contribution in [1.82, 2.24) is 0 Å². The van der Waals surface area contributed by atoms with Crippen LogP contribution >= 0.6 is 0 Å². The molecule has 1 aromatic rings. The summed E-state index contributed by atoms with van der Waals surface area (Å²) in [4.78, 5) is 0. The van der Waals surface area contributed by atoms with E-state index in [-0.39, 0.29) is 5.92 Å². The van der Waals surface area contributed by atoms with Crippen LogP contribution in [0.3, 0.4) is 0 Å². The Bertz CT molecular complexity index is 304. The zero-order chi connectivity index (χ0) is 8.72. The average Bonchev–Trinajstić information content (AvgIpc) is 2.31. The van der Waals surface area contributed by atoms with Gasteiger partial charge in [0.05, 0.1) is 0 Å². The maximum absolute atomic E-state index is 13.2. The average molecular weight is 164 g/mol. The highest BCUT2D eigenvalue weighted by Gasteiger charge is 2.28. The minimum absolute atomic E-state index is 0.0971. The molecule has 0 saturated heterocycles. The number of hydrogen-bond acceptors (Lipinski definition) is 0. The monoisotopic (exact) mass is 164 g/mol. The molecule has 0 aliphatic heterocycles. The molecule has 1 aliphatic rings. The molecule has 1 aromatic carbocycles. The van der Waals surface area contributed by atoms with Crippen LogP contribution in [0.1, 0.15) is 29.5 Å². The molecule has 0 aromatic heterocycles. The Morgan fingerprint density at radius 3 is 2.92 bits per heavy atom. The fourth-order valence-corrected chi connectivity index (χ4v) is 1.91. The summed E-state index contributed by atoms with van der Waals surface area (Å²) in [5, 5.41) is 0. The molecule has 2 unspecified atom stereocenters. The van der Waals surface area contributed by atoms with E-state index in [4.69, 9.17) is 0 Å². The van der Waals surface area contributed by atoms with E-state index in [1.54, 1.807) is 0 Å². The molecule has 0 saturated carbocycles. The third kappa shape index (κ3) is 1.04. The van der Waals surface area contributed by atoms with Crippen LogP contribution in [-0.4, -0.2) is 6.17 Å². The van der Waals surface area contributed by atoms with Crippen molar-refractivity contribution in [3.8, 4) is 0 Å². The third-order valence-electron chi connectivity index (χ3n) is 2.75. The fraction of sp³-hybridized carbons (Fsp3) is 0.455. The van der Waals surface area contributed by atoms with Gasteiger partial charge in [0.15, 0.2) is 0 Å². The molecule has 0 fully saturated rings. The number of hydrogen-bond donors (Lipinski definition) is 0. The lowest BCUT2D eigenvalue weighted by Crippen LogP contribution is -2.02. The molecule has 1 heteroatoms. The summed E-state index contributed by atoms with van der Waals surface area (Å²) in [6, 6.07) is 6.23. The van der Waals surface area contributed by atoms with Crippen LogP contribution in [0, 0.1) is 6.92 Å². The van der Waals surface area contributed by atoms with E-state index < -0.39 is 6.17 Å². The van der Waals surface area contributed by atoms with E-state index in [1.807, 2.05) is 6.92 Å². The largest absolute Gasteiger partial charge is 0.246 e. The standard InChI is InChI=1S/C11H13F/c1-7-3-4-9-6-11(12)8(2)10(9)5-7/h3-5,8,11H,6H2,1-2H3. The lowest BCUT2D eigenvalue weighted by atomic mass is 10.0. The zero-order valence-electron chi connectivity index (χ0n) is 7.47. The van der Waals surface area contributed by atoms with E-state index in [1.165, 1.54) is 16.7 Å². The second-order valence-electron chi connectivity index (χ2n) is 3.71. The van der Waals surface area contributed by atoms with Crippen LogP contribution in [-0.2, 0) is 6.42 Å². The Balaban J connectivity index is 2.48. The zero-order valence-corrected chi connectivity index (χ0v) is 7.47. The fourth-order valence-electron chi connectivity index (χ4n) is 1.91. The van der Waals surface area contributed by atoms with Gasteiger partial charge in [0.1, 0.15) is 6.17 Å².